The first-order valence-electron chi connectivity index (χ1n) is 9.62. The lowest BCUT2D eigenvalue weighted by molar-refractivity contribution is -0.121. The van der Waals surface area contributed by atoms with Gasteiger partial charge in [-0.1, -0.05) is 50.1 Å². The summed E-state index contributed by atoms with van der Waals surface area (Å²) in [6.07, 6.45) is 3.46. The van der Waals surface area contributed by atoms with Gasteiger partial charge in [0.05, 0.1) is 17.9 Å². The average Bonchev–Trinajstić information content (AvgIpc) is 3.13. The van der Waals surface area contributed by atoms with Crippen LogP contribution in [-0.4, -0.2) is 39.5 Å². The number of aromatic amines is 1. The smallest absolute Gasteiger partial charge is 0.233 e. The quantitative estimate of drug-likeness (QED) is 0.667. The molecule has 1 fully saturated rings. The van der Waals surface area contributed by atoms with Gasteiger partial charge in [-0.3, -0.25) is 9.89 Å². The number of H-pyrrole nitrogens is 1. The molecule has 3 rings (SSSR count). The number of amides is 1. The maximum atomic E-state index is 12.7. The lowest BCUT2D eigenvalue weighted by Crippen LogP contribution is -2.46. The van der Waals surface area contributed by atoms with Gasteiger partial charge in [0.1, 0.15) is 5.75 Å². The van der Waals surface area contributed by atoms with Gasteiger partial charge in [0.15, 0.2) is 5.82 Å². The van der Waals surface area contributed by atoms with E-state index in [0.717, 1.165) is 12.0 Å². The minimum Gasteiger partial charge on any atom is -0.496 e. The summed E-state index contributed by atoms with van der Waals surface area (Å²) in [7, 11) is 1.60. The van der Waals surface area contributed by atoms with Crippen molar-refractivity contribution >= 4 is 29.3 Å². The highest BCUT2D eigenvalue weighted by molar-refractivity contribution is 8.00. The summed E-state index contributed by atoms with van der Waals surface area (Å²) in [4.78, 5) is 17.2. The number of benzene rings is 1. The van der Waals surface area contributed by atoms with Crippen molar-refractivity contribution in [3.8, 4) is 17.1 Å². The number of thioether (sulfide) groups is 1. The van der Waals surface area contributed by atoms with Crippen LogP contribution >= 0.6 is 23.4 Å². The van der Waals surface area contributed by atoms with E-state index in [2.05, 4.69) is 34.3 Å². The van der Waals surface area contributed by atoms with E-state index in [0.29, 0.717) is 33.6 Å². The predicted octanol–water partition coefficient (Wildman–Crippen LogP) is 4.56. The fraction of sp³-hybridized carbons (Fsp3) is 0.550. The molecule has 8 heteroatoms. The molecule has 1 aliphatic carbocycles. The maximum Gasteiger partial charge on any atom is 0.233 e. The van der Waals surface area contributed by atoms with Crippen molar-refractivity contribution in [2.24, 2.45) is 11.8 Å². The molecular formula is C20H27ClN4O2S. The number of hydrogen-bond acceptors (Lipinski definition) is 5. The summed E-state index contributed by atoms with van der Waals surface area (Å²) < 4.78 is 5.37. The van der Waals surface area contributed by atoms with Crippen LogP contribution in [0.4, 0.5) is 0 Å². The van der Waals surface area contributed by atoms with E-state index < -0.39 is 0 Å². The molecule has 2 N–H and O–H groups in total. The molecule has 1 aromatic heterocycles. The van der Waals surface area contributed by atoms with Crippen molar-refractivity contribution in [2.75, 3.05) is 7.11 Å². The van der Waals surface area contributed by atoms with E-state index in [-0.39, 0.29) is 17.2 Å². The summed E-state index contributed by atoms with van der Waals surface area (Å²) in [6.45, 7) is 6.37. The Morgan fingerprint density at radius 1 is 1.39 bits per heavy atom. The largest absolute Gasteiger partial charge is 0.496 e. The molecule has 0 unspecified atom stereocenters. The molecule has 1 amide bonds. The van der Waals surface area contributed by atoms with Crippen molar-refractivity contribution in [2.45, 2.75) is 56.5 Å². The summed E-state index contributed by atoms with van der Waals surface area (Å²) in [5.41, 5.74) is 0.733. The SMILES string of the molecule is COc1ccc(Cl)cc1-c1nc(S[C@H](C)C(=O)N[C@H]2CCC[C@H](C)[C@H]2C)n[nH]1. The summed E-state index contributed by atoms with van der Waals surface area (Å²) >= 11 is 7.43. The Labute approximate surface area is 175 Å². The zero-order chi connectivity index (χ0) is 20.3. The number of nitrogens with zero attached hydrogens (tertiary/aromatic N) is 2. The minimum absolute atomic E-state index is 0.0302. The highest BCUT2D eigenvalue weighted by Crippen LogP contribution is 2.32. The minimum atomic E-state index is -0.283. The number of aromatic nitrogens is 3. The fourth-order valence-electron chi connectivity index (χ4n) is 3.58. The third-order valence-corrected chi connectivity index (χ3v) is 6.76. The van der Waals surface area contributed by atoms with E-state index in [1.807, 2.05) is 6.92 Å². The second kappa shape index (κ2) is 9.18. The van der Waals surface area contributed by atoms with Crippen LogP contribution in [0.1, 0.15) is 40.0 Å². The van der Waals surface area contributed by atoms with Crippen LogP contribution in [0, 0.1) is 11.8 Å². The van der Waals surface area contributed by atoms with Crippen LogP contribution in [0.3, 0.4) is 0 Å². The van der Waals surface area contributed by atoms with Gasteiger partial charge >= 0.3 is 0 Å². The first kappa shape index (κ1) is 21.0. The summed E-state index contributed by atoms with van der Waals surface area (Å²) in [5, 5.41) is 11.2. The van der Waals surface area contributed by atoms with Crippen LogP contribution in [0.25, 0.3) is 11.4 Å². The van der Waals surface area contributed by atoms with Crippen LogP contribution in [0.15, 0.2) is 23.4 Å². The maximum absolute atomic E-state index is 12.7. The molecule has 28 heavy (non-hydrogen) atoms. The van der Waals surface area contributed by atoms with Crippen molar-refractivity contribution in [1.82, 2.24) is 20.5 Å². The molecule has 4 atom stereocenters. The standard InChI is InChI=1S/C20H27ClN4O2S/c1-11-6-5-7-16(12(11)2)22-19(26)13(3)28-20-23-18(24-25-20)15-10-14(21)8-9-17(15)27-4/h8-13,16H,5-7H2,1-4H3,(H,22,26)(H,23,24,25)/t11-,12+,13+,16-/m0/s1. The van der Waals surface area contributed by atoms with E-state index in [4.69, 9.17) is 16.3 Å². The zero-order valence-electron chi connectivity index (χ0n) is 16.7. The van der Waals surface area contributed by atoms with E-state index in [1.165, 1.54) is 24.6 Å². The van der Waals surface area contributed by atoms with E-state index in [9.17, 15) is 4.79 Å². The van der Waals surface area contributed by atoms with Crippen molar-refractivity contribution in [1.29, 1.82) is 0 Å². The van der Waals surface area contributed by atoms with Gasteiger partial charge in [-0.2, -0.15) is 0 Å². The third kappa shape index (κ3) is 4.81. The van der Waals surface area contributed by atoms with Gasteiger partial charge in [-0.25, -0.2) is 4.98 Å². The van der Waals surface area contributed by atoms with Crippen LogP contribution in [-0.2, 0) is 4.79 Å². The Balaban J connectivity index is 1.64. The molecule has 152 valence electrons. The molecule has 6 nitrogen and oxygen atoms in total. The highest BCUT2D eigenvalue weighted by Gasteiger charge is 2.29. The topological polar surface area (TPSA) is 79.9 Å². The molecule has 1 aliphatic rings. The second-order valence-electron chi connectivity index (χ2n) is 7.45. The van der Waals surface area contributed by atoms with Gasteiger partial charge in [0.2, 0.25) is 11.1 Å². The fourth-order valence-corrected chi connectivity index (χ4v) is 4.49. The van der Waals surface area contributed by atoms with E-state index in [1.54, 1.807) is 25.3 Å². The highest BCUT2D eigenvalue weighted by atomic mass is 35.5. The number of carbonyl (C=O) groups is 1. The Bertz CT molecular complexity index is 828. The Morgan fingerprint density at radius 3 is 2.93 bits per heavy atom. The Morgan fingerprint density at radius 2 is 2.18 bits per heavy atom. The van der Waals surface area contributed by atoms with Gasteiger partial charge in [-0.05, 0) is 43.4 Å². The zero-order valence-corrected chi connectivity index (χ0v) is 18.2. The number of hydrogen-bond donors (Lipinski definition) is 2. The molecule has 0 saturated heterocycles. The molecule has 2 aromatic rings. The van der Waals surface area contributed by atoms with Gasteiger partial charge in [0, 0.05) is 11.1 Å². The third-order valence-electron chi connectivity index (χ3n) is 5.57. The molecule has 0 radical (unpaired) electrons. The lowest BCUT2D eigenvalue weighted by Gasteiger charge is -2.35. The summed E-state index contributed by atoms with van der Waals surface area (Å²) in [5.74, 6) is 2.39. The Hall–Kier alpha value is -1.73. The van der Waals surface area contributed by atoms with Crippen molar-refractivity contribution in [3.63, 3.8) is 0 Å². The van der Waals surface area contributed by atoms with Crippen LogP contribution in [0.5, 0.6) is 5.75 Å². The number of halogens is 1. The van der Waals surface area contributed by atoms with Gasteiger partial charge < -0.3 is 10.1 Å². The average molecular weight is 423 g/mol. The first-order valence-corrected chi connectivity index (χ1v) is 10.9. The number of ether oxygens (including phenoxy) is 1. The number of rotatable bonds is 6. The predicted molar refractivity (Wildman–Crippen MR) is 113 cm³/mol. The number of methoxy groups -OCH3 is 1. The molecule has 1 saturated carbocycles. The number of nitrogens with one attached hydrogen (secondary N) is 2. The molecule has 0 spiro atoms. The molecule has 1 aromatic carbocycles. The van der Waals surface area contributed by atoms with Gasteiger partial charge in [0.25, 0.3) is 0 Å². The van der Waals surface area contributed by atoms with Crippen LogP contribution in [0.2, 0.25) is 5.02 Å². The normalized spacial score (nSPS) is 23.2. The summed E-state index contributed by atoms with van der Waals surface area (Å²) in [6, 6.07) is 5.57. The molecule has 0 bridgehead atoms. The van der Waals surface area contributed by atoms with Crippen LogP contribution < -0.4 is 10.1 Å². The molecule has 1 heterocycles. The van der Waals surface area contributed by atoms with Crippen molar-refractivity contribution < 1.29 is 9.53 Å². The Kier molecular flexibility index (Phi) is 6.88. The van der Waals surface area contributed by atoms with Gasteiger partial charge in [-0.15, -0.1) is 5.10 Å². The monoisotopic (exact) mass is 422 g/mol. The van der Waals surface area contributed by atoms with E-state index >= 15 is 0 Å². The molecular weight excluding hydrogens is 396 g/mol. The second-order valence-corrected chi connectivity index (χ2v) is 9.20. The molecule has 0 aliphatic heterocycles. The first-order chi connectivity index (χ1) is 13.4. The lowest BCUT2D eigenvalue weighted by atomic mass is 9.78. The number of carbonyl (C=O) groups excluding carboxylic acids is 1. The van der Waals surface area contributed by atoms with Crippen molar-refractivity contribution in [3.05, 3.63) is 23.2 Å².